The summed E-state index contributed by atoms with van der Waals surface area (Å²) in [6.07, 6.45) is 7.52. The van der Waals surface area contributed by atoms with Crippen LogP contribution < -0.4 is 0 Å². The first-order valence-electron chi connectivity index (χ1n) is 9.13. The van der Waals surface area contributed by atoms with Gasteiger partial charge >= 0.3 is 0 Å². The maximum atomic E-state index is 12.7. The van der Waals surface area contributed by atoms with Crippen LogP contribution in [-0.2, 0) is 13.0 Å². The average Bonchev–Trinajstić information content (AvgIpc) is 3.05. The smallest absolute Gasteiger partial charge is 0.274 e. The van der Waals surface area contributed by atoms with Crippen LogP contribution >= 0.6 is 0 Å². The second kappa shape index (κ2) is 6.42. The van der Waals surface area contributed by atoms with Crippen molar-refractivity contribution in [1.82, 2.24) is 14.5 Å². The molecule has 2 aromatic rings. The van der Waals surface area contributed by atoms with Crippen molar-refractivity contribution in [2.45, 2.75) is 51.5 Å². The van der Waals surface area contributed by atoms with Crippen LogP contribution in [0.5, 0.6) is 0 Å². The molecule has 1 amide bonds. The molecule has 1 saturated heterocycles. The molecule has 0 saturated carbocycles. The number of aromatic nitrogens is 2. The van der Waals surface area contributed by atoms with Crippen molar-refractivity contribution in [2.24, 2.45) is 0 Å². The number of hydrogen-bond donors (Lipinski definition) is 0. The third-order valence-corrected chi connectivity index (χ3v) is 5.48. The van der Waals surface area contributed by atoms with Gasteiger partial charge in [0.2, 0.25) is 0 Å². The number of carbonyl (C=O) groups is 1. The lowest BCUT2D eigenvalue weighted by atomic mass is 9.89. The van der Waals surface area contributed by atoms with Crippen molar-refractivity contribution >= 4 is 5.91 Å². The highest BCUT2D eigenvalue weighted by atomic mass is 16.2. The standard InChI is InChI=1S/C20H25N3O/c1-15-7-3-4-8-17(15)16-9-10-19-21-18(14-23(19)13-16)20(24)22-11-5-2-6-12-22/h3-4,7-8,14,16H,2,5-6,9-13H2,1H3/t16-/m0/s1. The molecular weight excluding hydrogens is 298 g/mol. The topological polar surface area (TPSA) is 38.1 Å². The molecule has 1 fully saturated rings. The zero-order valence-electron chi connectivity index (χ0n) is 14.4. The predicted octanol–water partition coefficient (Wildman–Crippen LogP) is 3.55. The zero-order chi connectivity index (χ0) is 16.5. The maximum absolute atomic E-state index is 12.7. The van der Waals surface area contributed by atoms with Crippen molar-refractivity contribution in [2.75, 3.05) is 13.1 Å². The van der Waals surface area contributed by atoms with Gasteiger partial charge in [-0.25, -0.2) is 4.98 Å². The van der Waals surface area contributed by atoms with E-state index in [9.17, 15) is 4.79 Å². The third kappa shape index (κ3) is 2.85. The molecule has 4 rings (SSSR count). The van der Waals surface area contributed by atoms with Gasteiger partial charge in [0.15, 0.2) is 0 Å². The molecule has 1 aromatic heterocycles. The molecule has 4 nitrogen and oxygen atoms in total. The molecule has 4 heteroatoms. The van der Waals surface area contributed by atoms with Gasteiger partial charge in [-0.1, -0.05) is 24.3 Å². The summed E-state index contributed by atoms with van der Waals surface area (Å²) in [5.74, 6) is 1.70. The summed E-state index contributed by atoms with van der Waals surface area (Å²) in [5, 5.41) is 0. The first-order valence-corrected chi connectivity index (χ1v) is 9.13. The summed E-state index contributed by atoms with van der Waals surface area (Å²) in [5.41, 5.74) is 3.42. The first-order chi connectivity index (χ1) is 11.7. The van der Waals surface area contributed by atoms with Crippen LogP contribution in [0.2, 0.25) is 0 Å². The molecule has 126 valence electrons. The number of rotatable bonds is 2. The normalized spacial score (nSPS) is 20.7. The quantitative estimate of drug-likeness (QED) is 0.848. The van der Waals surface area contributed by atoms with Gasteiger partial charge in [-0.15, -0.1) is 0 Å². The highest BCUT2D eigenvalue weighted by Crippen LogP contribution is 2.30. The summed E-state index contributed by atoms with van der Waals surface area (Å²) in [7, 11) is 0. The Morgan fingerprint density at radius 3 is 2.75 bits per heavy atom. The Bertz CT molecular complexity index is 743. The minimum absolute atomic E-state index is 0.115. The number of hydrogen-bond acceptors (Lipinski definition) is 2. The molecule has 0 unspecified atom stereocenters. The van der Waals surface area contributed by atoms with E-state index in [-0.39, 0.29) is 5.91 Å². The molecule has 1 atom stereocenters. The molecule has 0 spiro atoms. The SMILES string of the molecule is Cc1ccccc1[C@H]1CCc2nc(C(=O)N3CCCCC3)cn2C1. The van der Waals surface area contributed by atoms with E-state index >= 15 is 0 Å². The maximum Gasteiger partial charge on any atom is 0.274 e. The van der Waals surface area contributed by atoms with Gasteiger partial charge in [-0.3, -0.25) is 4.79 Å². The monoisotopic (exact) mass is 323 g/mol. The van der Waals surface area contributed by atoms with Crippen LogP contribution in [0.3, 0.4) is 0 Å². The van der Waals surface area contributed by atoms with Gasteiger partial charge in [-0.05, 0) is 43.7 Å². The van der Waals surface area contributed by atoms with E-state index in [0.29, 0.717) is 11.6 Å². The highest BCUT2D eigenvalue weighted by Gasteiger charge is 2.26. The summed E-state index contributed by atoms with van der Waals surface area (Å²) in [6.45, 7) is 4.88. The molecule has 0 N–H and O–H groups in total. The minimum atomic E-state index is 0.115. The van der Waals surface area contributed by atoms with Crippen LogP contribution in [0, 0.1) is 6.92 Å². The van der Waals surface area contributed by atoms with Crippen LogP contribution in [0.1, 0.15) is 59.0 Å². The number of benzene rings is 1. The van der Waals surface area contributed by atoms with E-state index < -0.39 is 0 Å². The molecule has 0 bridgehead atoms. The molecule has 1 aromatic carbocycles. The summed E-state index contributed by atoms with van der Waals surface area (Å²) in [4.78, 5) is 19.3. The number of carbonyl (C=O) groups excluding carboxylic acids is 1. The van der Waals surface area contributed by atoms with Crippen molar-refractivity contribution in [3.8, 4) is 0 Å². The zero-order valence-corrected chi connectivity index (χ0v) is 14.4. The largest absolute Gasteiger partial charge is 0.337 e. The summed E-state index contributed by atoms with van der Waals surface area (Å²) in [6, 6.07) is 8.64. The Morgan fingerprint density at radius 1 is 1.17 bits per heavy atom. The fraction of sp³-hybridized carbons (Fsp3) is 0.500. The van der Waals surface area contributed by atoms with Crippen molar-refractivity contribution in [3.05, 3.63) is 53.1 Å². The lowest BCUT2D eigenvalue weighted by Crippen LogP contribution is -2.35. The van der Waals surface area contributed by atoms with Crippen LogP contribution in [0.25, 0.3) is 0 Å². The van der Waals surface area contributed by atoms with Gasteiger partial charge in [-0.2, -0.15) is 0 Å². The molecule has 2 aliphatic rings. The molecule has 0 aliphatic carbocycles. The Balaban J connectivity index is 1.54. The Hall–Kier alpha value is -2.10. The van der Waals surface area contributed by atoms with Crippen LogP contribution in [0.4, 0.5) is 0 Å². The molecule has 3 heterocycles. The number of fused-ring (bicyclic) bond motifs is 1. The van der Waals surface area contributed by atoms with E-state index in [0.717, 1.165) is 51.1 Å². The fourth-order valence-corrected chi connectivity index (χ4v) is 4.10. The second-order valence-electron chi connectivity index (χ2n) is 7.14. The Kier molecular flexibility index (Phi) is 4.13. The van der Waals surface area contributed by atoms with E-state index in [1.807, 2.05) is 11.1 Å². The molecular formula is C20H25N3O. The van der Waals surface area contributed by atoms with Crippen LogP contribution in [0.15, 0.2) is 30.5 Å². The summed E-state index contributed by atoms with van der Waals surface area (Å²) >= 11 is 0. The van der Waals surface area contributed by atoms with Crippen LogP contribution in [-0.4, -0.2) is 33.4 Å². The van der Waals surface area contributed by atoms with Gasteiger partial charge in [0, 0.05) is 38.2 Å². The van der Waals surface area contributed by atoms with E-state index in [2.05, 4.69) is 40.7 Å². The number of aryl methyl sites for hydroxylation is 2. The summed E-state index contributed by atoms with van der Waals surface area (Å²) < 4.78 is 2.21. The van der Waals surface area contributed by atoms with Crippen molar-refractivity contribution < 1.29 is 4.79 Å². The average molecular weight is 323 g/mol. The van der Waals surface area contributed by atoms with Gasteiger partial charge in [0.1, 0.15) is 11.5 Å². The van der Waals surface area contributed by atoms with E-state index in [1.165, 1.54) is 17.5 Å². The first kappa shape index (κ1) is 15.4. The molecule has 2 aliphatic heterocycles. The fourth-order valence-electron chi connectivity index (χ4n) is 4.10. The van der Waals surface area contributed by atoms with Crippen molar-refractivity contribution in [1.29, 1.82) is 0 Å². The van der Waals surface area contributed by atoms with E-state index in [1.54, 1.807) is 0 Å². The van der Waals surface area contributed by atoms with Gasteiger partial charge < -0.3 is 9.47 Å². The highest BCUT2D eigenvalue weighted by molar-refractivity contribution is 5.92. The van der Waals surface area contributed by atoms with Gasteiger partial charge in [0.25, 0.3) is 5.91 Å². The Morgan fingerprint density at radius 2 is 1.96 bits per heavy atom. The second-order valence-corrected chi connectivity index (χ2v) is 7.14. The van der Waals surface area contributed by atoms with E-state index in [4.69, 9.17) is 0 Å². The lowest BCUT2D eigenvalue weighted by Gasteiger charge is -2.25. The number of likely N-dealkylation sites (tertiary alicyclic amines) is 1. The molecule has 24 heavy (non-hydrogen) atoms. The predicted molar refractivity (Wildman–Crippen MR) is 94.2 cm³/mol. The lowest BCUT2D eigenvalue weighted by molar-refractivity contribution is 0.0718. The third-order valence-electron chi connectivity index (χ3n) is 5.48. The molecule has 0 radical (unpaired) electrons. The van der Waals surface area contributed by atoms with Gasteiger partial charge in [0.05, 0.1) is 0 Å². The number of piperidine rings is 1. The van der Waals surface area contributed by atoms with Crippen molar-refractivity contribution in [3.63, 3.8) is 0 Å². The number of nitrogens with zero attached hydrogens (tertiary/aromatic N) is 3. The number of amides is 1. The number of imidazole rings is 1. The Labute approximate surface area is 143 Å². The minimum Gasteiger partial charge on any atom is -0.337 e.